The number of nitrogens with two attached hydrogens (primary N) is 1. The fourth-order valence-electron chi connectivity index (χ4n) is 1.96. The van der Waals surface area contributed by atoms with E-state index in [1.165, 1.54) is 0 Å². The van der Waals surface area contributed by atoms with E-state index in [4.69, 9.17) is 5.73 Å². The second kappa shape index (κ2) is 4.40. The summed E-state index contributed by atoms with van der Waals surface area (Å²) < 4.78 is 0. The van der Waals surface area contributed by atoms with Crippen molar-refractivity contribution in [2.45, 2.75) is 44.2 Å². The molecule has 1 saturated heterocycles. The van der Waals surface area contributed by atoms with Gasteiger partial charge in [-0.1, -0.05) is 13.3 Å². The molecule has 3 N–H and O–H groups in total. The first kappa shape index (κ1) is 11.0. The average molecular weight is 186 g/mol. The molecule has 1 aliphatic heterocycles. The van der Waals surface area contributed by atoms with Crippen molar-refractivity contribution in [3.63, 3.8) is 0 Å². The van der Waals surface area contributed by atoms with Gasteiger partial charge < -0.3 is 15.7 Å². The minimum Gasteiger partial charge on any atom is -0.388 e. The summed E-state index contributed by atoms with van der Waals surface area (Å²) in [6, 6.07) is -0.0359. The van der Waals surface area contributed by atoms with E-state index >= 15 is 0 Å². The minimum absolute atomic E-state index is 0.0359. The highest BCUT2D eigenvalue weighted by Gasteiger charge is 2.36. The molecule has 0 aromatic carbocycles. The fraction of sp³-hybridized carbons (Fsp3) is 1.00. The van der Waals surface area contributed by atoms with Crippen LogP contribution in [-0.2, 0) is 0 Å². The molecule has 1 atom stereocenters. The molecular weight excluding hydrogens is 164 g/mol. The molecule has 0 aromatic rings. The van der Waals surface area contributed by atoms with Crippen molar-refractivity contribution in [3.8, 4) is 0 Å². The Balaban J connectivity index is 2.46. The maximum atomic E-state index is 10.2. The number of piperidine rings is 1. The van der Waals surface area contributed by atoms with E-state index in [0.29, 0.717) is 0 Å². The number of hydrogen-bond acceptors (Lipinski definition) is 3. The van der Waals surface area contributed by atoms with Crippen LogP contribution in [0.15, 0.2) is 0 Å². The van der Waals surface area contributed by atoms with Gasteiger partial charge >= 0.3 is 0 Å². The first-order valence-corrected chi connectivity index (χ1v) is 5.25. The van der Waals surface area contributed by atoms with Crippen molar-refractivity contribution in [1.29, 1.82) is 0 Å². The third kappa shape index (κ3) is 2.66. The van der Waals surface area contributed by atoms with Gasteiger partial charge in [0.2, 0.25) is 0 Å². The topological polar surface area (TPSA) is 49.5 Å². The third-order valence-electron chi connectivity index (χ3n) is 3.14. The van der Waals surface area contributed by atoms with E-state index in [1.807, 2.05) is 0 Å². The number of rotatable bonds is 3. The van der Waals surface area contributed by atoms with Gasteiger partial charge in [-0.25, -0.2) is 0 Å². The third-order valence-corrected chi connectivity index (χ3v) is 3.14. The normalized spacial score (nSPS) is 25.8. The first-order valence-electron chi connectivity index (χ1n) is 5.25. The lowest BCUT2D eigenvalue weighted by molar-refractivity contribution is -0.0380. The molecule has 0 aromatic heterocycles. The van der Waals surface area contributed by atoms with Crippen molar-refractivity contribution in [2.75, 3.05) is 20.1 Å². The van der Waals surface area contributed by atoms with Crippen LogP contribution in [0.4, 0.5) is 0 Å². The molecule has 13 heavy (non-hydrogen) atoms. The second-order valence-electron chi connectivity index (χ2n) is 4.30. The molecule has 0 aliphatic carbocycles. The standard InChI is InChI=1S/C10H22N2O/c1-3-4-9(11)10(13)5-7-12(2)8-6-10/h9,13H,3-8,11H2,1-2H3. The SMILES string of the molecule is CCCC(N)C1(O)CCN(C)CC1. The molecule has 1 rings (SSSR count). The minimum atomic E-state index is -0.595. The smallest absolute Gasteiger partial charge is 0.0822 e. The molecular formula is C10H22N2O. The Hall–Kier alpha value is -0.120. The van der Waals surface area contributed by atoms with Crippen LogP contribution in [0.5, 0.6) is 0 Å². The van der Waals surface area contributed by atoms with Gasteiger partial charge in [-0.15, -0.1) is 0 Å². The van der Waals surface area contributed by atoms with E-state index < -0.39 is 5.60 Å². The Labute approximate surface area is 80.9 Å². The van der Waals surface area contributed by atoms with E-state index in [1.54, 1.807) is 0 Å². The molecule has 78 valence electrons. The molecule has 1 heterocycles. The lowest BCUT2D eigenvalue weighted by Crippen LogP contribution is -2.54. The Kier molecular flexibility index (Phi) is 3.71. The summed E-state index contributed by atoms with van der Waals surface area (Å²) in [6.07, 6.45) is 3.63. The zero-order chi connectivity index (χ0) is 9.90. The van der Waals surface area contributed by atoms with Crippen LogP contribution in [0.2, 0.25) is 0 Å². The molecule has 0 radical (unpaired) electrons. The van der Waals surface area contributed by atoms with Crippen LogP contribution in [-0.4, -0.2) is 41.8 Å². The van der Waals surface area contributed by atoms with Crippen molar-refractivity contribution in [2.24, 2.45) is 5.73 Å². The lowest BCUT2D eigenvalue weighted by atomic mass is 9.83. The Morgan fingerprint density at radius 2 is 2.00 bits per heavy atom. The monoisotopic (exact) mass is 186 g/mol. The quantitative estimate of drug-likeness (QED) is 0.677. The van der Waals surface area contributed by atoms with Gasteiger partial charge in [0.1, 0.15) is 0 Å². The summed E-state index contributed by atoms with van der Waals surface area (Å²) in [4.78, 5) is 2.24. The number of aliphatic hydroxyl groups is 1. The molecule has 1 aliphatic rings. The van der Waals surface area contributed by atoms with Crippen molar-refractivity contribution in [1.82, 2.24) is 4.90 Å². The highest BCUT2D eigenvalue weighted by atomic mass is 16.3. The summed E-state index contributed by atoms with van der Waals surface area (Å²) >= 11 is 0. The molecule has 1 fully saturated rings. The molecule has 0 bridgehead atoms. The van der Waals surface area contributed by atoms with Crippen LogP contribution >= 0.6 is 0 Å². The maximum Gasteiger partial charge on any atom is 0.0822 e. The largest absolute Gasteiger partial charge is 0.388 e. The predicted octanol–water partition coefficient (Wildman–Crippen LogP) is 0.570. The Morgan fingerprint density at radius 1 is 1.46 bits per heavy atom. The van der Waals surface area contributed by atoms with Crippen molar-refractivity contribution < 1.29 is 5.11 Å². The number of hydrogen-bond donors (Lipinski definition) is 2. The summed E-state index contributed by atoms with van der Waals surface area (Å²) in [7, 11) is 2.09. The summed E-state index contributed by atoms with van der Waals surface area (Å²) in [5.41, 5.74) is 5.38. The zero-order valence-electron chi connectivity index (χ0n) is 8.79. The van der Waals surface area contributed by atoms with Crippen molar-refractivity contribution >= 4 is 0 Å². The second-order valence-corrected chi connectivity index (χ2v) is 4.30. The fourth-order valence-corrected chi connectivity index (χ4v) is 1.96. The molecule has 0 amide bonds. The van der Waals surface area contributed by atoms with Crippen LogP contribution in [0, 0.1) is 0 Å². The van der Waals surface area contributed by atoms with Gasteiger partial charge in [-0.05, 0) is 26.3 Å². The van der Waals surface area contributed by atoms with Crippen LogP contribution in [0.25, 0.3) is 0 Å². The van der Waals surface area contributed by atoms with E-state index in [2.05, 4.69) is 18.9 Å². The van der Waals surface area contributed by atoms with Gasteiger partial charge in [0, 0.05) is 19.1 Å². The van der Waals surface area contributed by atoms with E-state index in [0.717, 1.165) is 38.8 Å². The highest BCUT2D eigenvalue weighted by Crippen LogP contribution is 2.25. The van der Waals surface area contributed by atoms with E-state index in [-0.39, 0.29) is 6.04 Å². The van der Waals surface area contributed by atoms with Gasteiger partial charge in [-0.3, -0.25) is 0 Å². The number of likely N-dealkylation sites (tertiary alicyclic amines) is 1. The average Bonchev–Trinajstić information content (AvgIpc) is 2.11. The van der Waals surface area contributed by atoms with Gasteiger partial charge in [-0.2, -0.15) is 0 Å². The Bertz CT molecular complexity index is 153. The maximum absolute atomic E-state index is 10.2. The van der Waals surface area contributed by atoms with Crippen LogP contribution in [0.3, 0.4) is 0 Å². The summed E-state index contributed by atoms with van der Waals surface area (Å²) in [5, 5.41) is 10.2. The Morgan fingerprint density at radius 3 is 2.46 bits per heavy atom. The summed E-state index contributed by atoms with van der Waals surface area (Å²) in [6.45, 7) is 4.04. The van der Waals surface area contributed by atoms with Gasteiger partial charge in [0.05, 0.1) is 5.60 Å². The highest BCUT2D eigenvalue weighted by molar-refractivity contribution is 4.93. The van der Waals surface area contributed by atoms with E-state index in [9.17, 15) is 5.11 Å². The zero-order valence-corrected chi connectivity index (χ0v) is 8.79. The van der Waals surface area contributed by atoms with Gasteiger partial charge in [0.15, 0.2) is 0 Å². The van der Waals surface area contributed by atoms with Crippen molar-refractivity contribution in [3.05, 3.63) is 0 Å². The van der Waals surface area contributed by atoms with Crippen LogP contribution in [0.1, 0.15) is 32.6 Å². The first-order chi connectivity index (χ1) is 6.08. The lowest BCUT2D eigenvalue weighted by Gasteiger charge is -2.40. The molecule has 0 spiro atoms. The number of nitrogens with zero attached hydrogens (tertiary/aromatic N) is 1. The molecule has 1 unspecified atom stereocenters. The predicted molar refractivity (Wildman–Crippen MR) is 54.6 cm³/mol. The molecule has 0 saturated carbocycles. The molecule has 3 heteroatoms. The molecule has 3 nitrogen and oxygen atoms in total. The summed E-state index contributed by atoms with van der Waals surface area (Å²) in [5.74, 6) is 0. The van der Waals surface area contributed by atoms with Crippen LogP contribution < -0.4 is 5.73 Å². The van der Waals surface area contributed by atoms with Gasteiger partial charge in [0.25, 0.3) is 0 Å².